The molecule has 12 nitrogen and oxygen atoms in total. The minimum atomic E-state index is -0.161. The van der Waals surface area contributed by atoms with Crippen LogP contribution in [0.3, 0.4) is 0 Å². The average Bonchev–Trinajstić information content (AvgIpc) is 3.57. The summed E-state index contributed by atoms with van der Waals surface area (Å²) < 4.78 is 18.2. The van der Waals surface area contributed by atoms with E-state index < -0.39 is 0 Å². The second-order valence-electron chi connectivity index (χ2n) is 9.36. The maximum absolute atomic E-state index is 12.8. The molecule has 3 aromatic heterocycles. The minimum Gasteiger partial charge on any atom is -0.439 e. The van der Waals surface area contributed by atoms with Crippen molar-refractivity contribution in [2.24, 2.45) is 0 Å². The van der Waals surface area contributed by atoms with Gasteiger partial charge in [0, 0.05) is 44.4 Å². The summed E-state index contributed by atoms with van der Waals surface area (Å²) in [6.07, 6.45) is 1.63. The number of carbonyl (C=O) groups is 1. The summed E-state index contributed by atoms with van der Waals surface area (Å²) in [5.74, 6) is 1.34. The highest BCUT2D eigenvalue weighted by molar-refractivity contribution is 5.94. The van der Waals surface area contributed by atoms with Crippen molar-refractivity contribution in [2.45, 2.75) is 6.54 Å². The molecule has 0 radical (unpaired) electrons. The maximum Gasteiger partial charge on any atom is 0.251 e. The van der Waals surface area contributed by atoms with Crippen molar-refractivity contribution >= 4 is 22.8 Å². The Kier molecular flexibility index (Phi) is 7.33. The van der Waals surface area contributed by atoms with Crippen molar-refractivity contribution in [1.29, 1.82) is 0 Å². The molecule has 0 atom stereocenters. The maximum atomic E-state index is 12.8. The number of hydrogen-bond donors (Lipinski definition) is 2. The second-order valence-corrected chi connectivity index (χ2v) is 9.36. The number of carbonyl (C=O) groups excluding carboxylic acids is 1. The summed E-state index contributed by atoms with van der Waals surface area (Å²) in [6, 6.07) is 18.8. The number of nitrogens with two attached hydrogens (primary N) is 1. The first kappa shape index (κ1) is 25.5. The monoisotopic (exact) mass is 540 g/mol. The molecular formula is C28H28N8O4. The number of pyridine rings is 1. The molecule has 0 bridgehead atoms. The number of amides is 1. The van der Waals surface area contributed by atoms with Crippen LogP contribution in [0.4, 0.5) is 5.82 Å². The minimum absolute atomic E-state index is 0.147. The van der Waals surface area contributed by atoms with Crippen molar-refractivity contribution in [2.75, 3.05) is 45.1 Å². The number of fused-ring (bicyclic) bond motifs is 1. The van der Waals surface area contributed by atoms with E-state index in [4.69, 9.17) is 24.8 Å². The number of anilines is 1. The van der Waals surface area contributed by atoms with E-state index in [1.807, 2.05) is 34.9 Å². The molecule has 2 aromatic carbocycles. The summed E-state index contributed by atoms with van der Waals surface area (Å²) in [5.41, 5.74) is 9.31. The number of aromatic nitrogens is 5. The molecule has 12 heteroatoms. The van der Waals surface area contributed by atoms with Gasteiger partial charge in [-0.15, -0.1) is 0 Å². The highest BCUT2D eigenvalue weighted by Crippen LogP contribution is 2.30. The van der Waals surface area contributed by atoms with E-state index >= 15 is 0 Å². The standard InChI is InChI=1S/C28H28N8O4/c29-26-25(33-40-34-26)27-32-22-17-31-24(16-23(22)36(27)18-19-5-2-1-3-6-19)39-21-8-4-7-20(15-21)28(37)30-9-10-35-11-13-38-14-12-35/h1-8,15-17H,9-14,18H2,(H2,29,34)(H,30,37). The van der Waals surface area contributed by atoms with Gasteiger partial charge in [0.05, 0.1) is 24.9 Å². The summed E-state index contributed by atoms with van der Waals surface area (Å²) in [6.45, 7) is 5.06. The third-order valence-electron chi connectivity index (χ3n) is 6.65. The first-order valence-corrected chi connectivity index (χ1v) is 13.0. The van der Waals surface area contributed by atoms with Crippen LogP contribution in [-0.4, -0.2) is 75.0 Å². The molecule has 4 heterocycles. The van der Waals surface area contributed by atoms with Gasteiger partial charge in [-0.2, -0.15) is 0 Å². The van der Waals surface area contributed by atoms with Crippen molar-refractivity contribution in [3.8, 4) is 23.1 Å². The Bertz CT molecular complexity index is 1610. The van der Waals surface area contributed by atoms with Crippen LogP contribution < -0.4 is 15.8 Å². The van der Waals surface area contributed by atoms with Crippen LogP contribution in [0, 0.1) is 0 Å². The van der Waals surface area contributed by atoms with E-state index in [-0.39, 0.29) is 11.7 Å². The lowest BCUT2D eigenvalue weighted by molar-refractivity contribution is 0.0383. The first-order valence-electron chi connectivity index (χ1n) is 13.0. The molecule has 5 aromatic rings. The number of ether oxygens (including phenoxy) is 2. The number of nitrogens with one attached hydrogen (secondary N) is 1. The fourth-order valence-electron chi connectivity index (χ4n) is 4.60. The molecule has 1 aliphatic rings. The fourth-order valence-corrected chi connectivity index (χ4v) is 4.60. The zero-order valence-corrected chi connectivity index (χ0v) is 21.7. The van der Waals surface area contributed by atoms with E-state index in [1.54, 1.807) is 36.5 Å². The van der Waals surface area contributed by atoms with Crippen molar-refractivity contribution < 1.29 is 18.9 Å². The number of rotatable bonds is 9. The average molecular weight is 541 g/mol. The van der Waals surface area contributed by atoms with Gasteiger partial charge in [-0.1, -0.05) is 36.4 Å². The normalized spacial score (nSPS) is 13.9. The van der Waals surface area contributed by atoms with Gasteiger partial charge in [0.2, 0.25) is 5.88 Å². The lowest BCUT2D eigenvalue weighted by Crippen LogP contribution is -2.41. The third kappa shape index (κ3) is 5.63. The van der Waals surface area contributed by atoms with E-state index in [0.717, 1.165) is 43.9 Å². The van der Waals surface area contributed by atoms with Gasteiger partial charge in [-0.3, -0.25) is 9.69 Å². The number of nitrogens with zero attached hydrogens (tertiary/aromatic N) is 6. The largest absolute Gasteiger partial charge is 0.439 e. The first-order chi connectivity index (χ1) is 19.6. The molecule has 40 heavy (non-hydrogen) atoms. The van der Waals surface area contributed by atoms with Crippen LogP contribution in [-0.2, 0) is 11.3 Å². The van der Waals surface area contributed by atoms with Gasteiger partial charge >= 0.3 is 0 Å². The smallest absolute Gasteiger partial charge is 0.251 e. The number of nitrogen functional groups attached to an aromatic ring is 1. The summed E-state index contributed by atoms with van der Waals surface area (Å²) in [5, 5.41) is 10.6. The summed E-state index contributed by atoms with van der Waals surface area (Å²) in [4.78, 5) is 24.2. The Balaban J connectivity index is 1.22. The molecule has 0 aliphatic carbocycles. The second kappa shape index (κ2) is 11.5. The van der Waals surface area contributed by atoms with Crippen LogP contribution in [0.2, 0.25) is 0 Å². The lowest BCUT2D eigenvalue weighted by atomic mass is 10.2. The highest BCUT2D eigenvalue weighted by Gasteiger charge is 2.20. The Morgan fingerprint density at radius 2 is 1.90 bits per heavy atom. The van der Waals surface area contributed by atoms with Crippen molar-refractivity contribution in [1.82, 2.24) is 35.1 Å². The molecule has 0 saturated carbocycles. The topological polar surface area (TPSA) is 146 Å². The quantitative estimate of drug-likeness (QED) is 0.286. The van der Waals surface area contributed by atoms with Gasteiger partial charge in [0.1, 0.15) is 11.3 Å². The molecule has 1 saturated heterocycles. The Labute approximate surface area is 229 Å². The van der Waals surface area contributed by atoms with E-state index in [1.165, 1.54) is 0 Å². The fraction of sp³-hybridized carbons (Fsp3) is 0.250. The van der Waals surface area contributed by atoms with E-state index in [0.29, 0.717) is 47.3 Å². The van der Waals surface area contributed by atoms with Crippen LogP contribution in [0.1, 0.15) is 15.9 Å². The van der Waals surface area contributed by atoms with Gasteiger partial charge < -0.3 is 25.1 Å². The third-order valence-corrected chi connectivity index (χ3v) is 6.65. The lowest BCUT2D eigenvalue weighted by Gasteiger charge is -2.26. The molecule has 6 rings (SSSR count). The number of morpholine rings is 1. The summed E-state index contributed by atoms with van der Waals surface area (Å²) in [7, 11) is 0. The molecule has 1 aliphatic heterocycles. The predicted molar refractivity (Wildman–Crippen MR) is 147 cm³/mol. The van der Waals surface area contributed by atoms with Gasteiger partial charge in [0.25, 0.3) is 5.91 Å². The number of imidazole rings is 1. The number of hydrogen-bond acceptors (Lipinski definition) is 10. The van der Waals surface area contributed by atoms with Crippen LogP contribution in [0.15, 0.2) is 71.5 Å². The molecule has 3 N–H and O–H groups in total. The van der Waals surface area contributed by atoms with E-state index in [9.17, 15) is 4.79 Å². The molecule has 0 spiro atoms. The Morgan fingerprint density at radius 1 is 1.05 bits per heavy atom. The van der Waals surface area contributed by atoms with E-state index in [2.05, 4.69) is 25.5 Å². The van der Waals surface area contributed by atoms with Crippen molar-refractivity contribution in [3.05, 3.63) is 78.0 Å². The van der Waals surface area contributed by atoms with Gasteiger partial charge in [0.15, 0.2) is 17.3 Å². The zero-order valence-electron chi connectivity index (χ0n) is 21.7. The highest BCUT2D eigenvalue weighted by atomic mass is 16.6. The van der Waals surface area contributed by atoms with Crippen LogP contribution in [0.25, 0.3) is 22.6 Å². The Hall–Kier alpha value is -4.81. The number of benzene rings is 2. The SMILES string of the molecule is Nc1nonc1-c1nc2cnc(Oc3cccc(C(=O)NCCN4CCOCC4)c3)cc2n1Cc1ccccc1. The molecular weight excluding hydrogens is 512 g/mol. The molecule has 1 fully saturated rings. The van der Waals surface area contributed by atoms with Gasteiger partial charge in [-0.25, -0.2) is 14.6 Å². The molecule has 0 unspecified atom stereocenters. The Morgan fingerprint density at radius 3 is 2.70 bits per heavy atom. The van der Waals surface area contributed by atoms with Crippen LogP contribution in [0.5, 0.6) is 11.6 Å². The van der Waals surface area contributed by atoms with Gasteiger partial charge in [-0.05, 0) is 34.1 Å². The zero-order chi connectivity index (χ0) is 27.3. The molecule has 204 valence electrons. The van der Waals surface area contributed by atoms with Crippen molar-refractivity contribution in [3.63, 3.8) is 0 Å². The molecule has 1 amide bonds. The van der Waals surface area contributed by atoms with Crippen LogP contribution >= 0.6 is 0 Å². The summed E-state index contributed by atoms with van der Waals surface area (Å²) >= 11 is 0. The predicted octanol–water partition coefficient (Wildman–Crippen LogP) is 2.97.